The summed E-state index contributed by atoms with van der Waals surface area (Å²) in [5.74, 6) is -0.251. The fourth-order valence-electron chi connectivity index (χ4n) is 2.23. The van der Waals surface area contributed by atoms with Gasteiger partial charge in [0.1, 0.15) is 11.6 Å². The number of carbonyl (C=O) groups excluding carboxylic acids is 1. The highest BCUT2D eigenvalue weighted by Crippen LogP contribution is 2.20. The Balaban J connectivity index is 1.62. The molecule has 0 aliphatic rings. The Kier molecular flexibility index (Phi) is 5.47. The largest absolute Gasteiger partial charge is 0.508 e. The molecule has 0 atom stereocenters. The predicted molar refractivity (Wildman–Crippen MR) is 94.4 cm³/mol. The second-order valence-electron chi connectivity index (χ2n) is 5.52. The number of carbonyl (C=O) groups is 1. The minimum atomic E-state index is -0.337. The molecule has 1 amide bonds. The molecule has 0 fully saturated rings. The van der Waals surface area contributed by atoms with Crippen LogP contribution in [-0.2, 0) is 11.3 Å². The molecule has 134 valence electrons. The summed E-state index contributed by atoms with van der Waals surface area (Å²) < 4.78 is 15.2. The Hall–Kier alpha value is -2.94. The number of hydrogen-bond donors (Lipinski definition) is 1. The van der Waals surface area contributed by atoms with Gasteiger partial charge in [-0.25, -0.2) is 4.39 Å². The van der Waals surface area contributed by atoms with Gasteiger partial charge in [0.2, 0.25) is 11.1 Å². The van der Waals surface area contributed by atoms with Gasteiger partial charge >= 0.3 is 0 Å². The summed E-state index contributed by atoms with van der Waals surface area (Å²) >= 11 is 1.18. The van der Waals surface area contributed by atoms with E-state index in [0.29, 0.717) is 16.4 Å². The number of nitrogens with zero attached hydrogens (tertiary/aromatic N) is 5. The number of thioether (sulfide) groups is 1. The monoisotopic (exact) mass is 373 g/mol. The topological polar surface area (TPSA) is 84.1 Å². The molecule has 0 saturated heterocycles. The average molecular weight is 373 g/mol. The number of aromatic nitrogens is 4. The summed E-state index contributed by atoms with van der Waals surface area (Å²) in [5, 5.41) is 21.2. The third kappa shape index (κ3) is 4.17. The Bertz CT molecular complexity index is 900. The molecule has 9 heteroatoms. The van der Waals surface area contributed by atoms with E-state index in [0.717, 1.165) is 0 Å². The molecule has 0 bridgehead atoms. The van der Waals surface area contributed by atoms with Crippen molar-refractivity contribution in [2.24, 2.45) is 0 Å². The molecule has 3 rings (SSSR count). The zero-order valence-corrected chi connectivity index (χ0v) is 14.7. The fourth-order valence-corrected chi connectivity index (χ4v) is 3.06. The molecule has 0 saturated carbocycles. The number of phenols is 1. The molecule has 1 aromatic heterocycles. The third-order valence-corrected chi connectivity index (χ3v) is 4.56. The number of halogens is 1. The molecule has 26 heavy (non-hydrogen) atoms. The first-order valence-electron chi connectivity index (χ1n) is 7.72. The smallest absolute Gasteiger partial charge is 0.233 e. The van der Waals surface area contributed by atoms with Crippen molar-refractivity contribution in [3.05, 3.63) is 59.9 Å². The summed E-state index contributed by atoms with van der Waals surface area (Å²) in [6.07, 6.45) is 0. The van der Waals surface area contributed by atoms with Gasteiger partial charge in [-0.3, -0.25) is 4.79 Å². The van der Waals surface area contributed by atoms with Crippen LogP contribution in [0.4, 0.5) is 4.39 Å². The van der Waals surface area contributed by atoms with Crippen LogP contribution < -0.4 is 0 Å². The number of amides is 1. The number of rotatable bonds is 6. The van der Waals surface area contributed by atoms with E-state index in [2.05, 4.69) is 15.5 Å². The van der Waals surface area contributed by atoms with Crippen molar-refractivity contribution in [2.75, 3.05) is 12.8 Å². The molecular formula is C17H16FN5O2S. The van der Waals surface area contributed by atoms with Crippen molar-refractivity contribution < 1.29 is 14.3 Å². The maximum atomic E-state index is 13.7. The first-order chi connectivity index (χ1) is 12.5. The van der Waals surface area contributed by atoms with Gasteiger partial charge in [0.05, 0.1) is 11.4 Å². The minimum Gasteiger partial charge on any atom is -0.508 e. The fraction of sp³-hybridized carbons (Fsp3) is 0.176. The summed E-state index contributed by atoms with van der Waals surface area (Å²) in [7, 11) is 1.62. The number of tetrazole rings is 1. The maximum absolute atomic E-state index is 13.7. The molecule has 2 aromatic carbocycles. The molecule has 0 unspecified atom stereocenters. The zero-order valence-electron chi connectivity index (χ0n) is 13.9. The van der Waals surface area contributed by atoms with Gasteiger partial charge in [-0.05, 0) is 40.8 Å². The number of benzene rings is 2. The summed E-state index contributed by atoms with van der Waals surface area (Å²) in [6, 6.07) is 12.8. The van der Waals surface area contributed by atoms with Crippen LogP contribution in [0.2, 0.25) is 0 Å². The lowest BCUT2D eigenvalue weighted by Gasteiger charge is -2.17. The summed E-state index contributed by atoms with van der Waals surface area (Å²) in [4.78, 5) is 13.8. The summed E-state index contributed by atoms with van der Waals surface area (Å²) in [5.41, 5.74) is 1.13. The van der Waals surface area contributed by atoms with E-state index in [1.54, 1.807) is 37.4 Å². The van der Waals surface area contributed by atoms with Crippen LogP contribution in [-0.4, -0.2) is 48.9 Å². The second-order valence-corrected chi connectivity index (χ2v) is 6.46. The highest BCUT2D eigenvalue weighted by Gasteiger charge is 2.15. The van der Waals surface area contributed by atoms with Gasteiger partial charge in [0, 0.05) is 19.2 Å². The molecule has 1 N–H and O–H groups in total. The number of hydrogen-bond acceptors (Lipinski definition) is 6. The Labute approximate surface area is 153 Å². The van der Waals surface area contributed by atoms with E-state index in [9.17, 15) is 14.3 Å². The molecule has 3 aromatic rings. The molecule has 0 aliphatic carbocycles. The zero-order chi connectivity index (χ0) is 18.5. The van der Waals surface area contributed by atoms with E-state index in [4.69, 9.17) is 0 Å². The van der Waals surface area contributed by atoms with Gasteiger partial charge in [0.15, 0.2) is 0 Å². The second kappa shape index (κ2) is 7.96. The molecular weight excluding hydrogens is 357 g/mol. The van der Waals surface area contributed by atoms with E-state index < -0.39 is 0 Å². The van der Waals surface area contributed by atoms with E-state index in [-0.39, 0.29) is 29.8 Å². The van der Waals surface area contributed by atoms with E-state index in [1.165, 1.54) is 39.5 Å². The van der Waals surface area contributed by atoms with Crippen molar-refractivity contribution >= 4 is 17.7 Å². The van der Waals surface area contributed by atoms with Gasteiger partial charge < -0.3 is 10.0 Å². The van der Waals surface area contributed by atoms with E-state index in [1.807, 2.05) is 0 Å². The van der Waals surface area contributed by atoms with Crippen LogP contribution in [0.5, 0.6) is 5.75 Å². The van der Waals surface area contributed by atoms with Crippen LogP contribution in [0.3, 0.4) is 0 Å². The normalized spacial score (nSPS) is 10.7. The first kappa shape index (κ1) is 17.9. The first-order valence-corrected chi connectivity index (χ1v) is 8.71. The van der Waals surface area contributed by atoms with Gasteiger partial charge in [-0.2, -0.15) is 4.68 Å². The van der Waals surface area contributed by atoms with Gasteiger partial charge in [0.25, 0.3) is 0 Å². The van der Waals surface area contributed by atoms with Crippen LogP contribution in [0, 0.1) is 5.82 Å². The van der Waals surface area contributed by atoms with Crippen molar-refractivity contribution in [1.82, 2.24) is 25.1 Å². The summed E-state index contributed by atoms with van der Waals surface area (Å²) in [6.45, 7) is 0.189. The standard InChI is InChI=1S/C17H16FN5O2S/c1-22(10-12-4-2-3-5-15(12)18)16(25)11-26-17-19-20-21-23(17)13-6-8-14(24)9-7-13/h2-9,24H,10-11H2,1H3. The SMILES string of the molecule is CN(Cc1ccccc1F)C(=O)CSc1nnnn1-c1ccc(O)cc1. The van der Waals surface area contributed by atoms with E-state index >= 15 is 0 Å². The van der Waals surface area contributed by atoms with Crippen LogP contribution in [0.15, 0.2) is 53.7 Å². The Morgan fingerprint density at radius 1 is 1.23 bits per heavy atom. The van der Waals surface area contributed by atoms with Gasteiger partial charge in [-0.1, -0.05) is 30.0 Å². The predicted octanol–water partition coefficient (Wildman–Crippen LogP) is 2.26. The highest BCUT2D eigenvalue weighted by molar-refractivity contribution is 7.99. The highest BCUT2D eigenvalue weighted by atomic mass is 32.2. The number of phenolic OH excluding ortho intramolecular Hbond substituents is 1. The lowest BCUT2D eigenvalue weighted by atomic mass is 10.2. The van der Waals surface area contributed by atoms with Crippen LogP contribution in [0.1, 0.15) is 5.56 Å². The van der Waals surface area contributed by atoms with Crippen molar-refractivity contribution in [1.29, 1.82) is 0 Å². The Morgan fingerprint density at radius 3 is 2.69 bits per heavy atom. The lowest BCUT2D eigenvalue weighted by molar-refractivity contribution is -0.127. The minimum absolute atomic E-state index is 0.114. The third-order valence-electron chi connectivity index (χ3n) is 3.65. The Morgan fingerprint density at radius 2 is 1.96 bits per heavy atom. The van der Waals surface area contributed by atoms with Crippen LogP contribution >= 0.6 is 11.8 Å². The van der Waals surface area contributed by atoms with Crippen molar-refractivity contribution in [2.45, 2.75) is 11.7 Å². The van der Waals surface area contributed by atoms with Crippen LogP contribution in [0.25, 0.3) is 5.69 Å². The molecule has 0 spiro atoms. The average Bonchev–Trinajstić information content (AvgIpc) is 3.10. The van der Waals surface area contributed by atoms with Crippen molar-refractivity contribution in [3.8, 4) is 11.4 Å². The molecule has 0 aliphatic heterocycles. The van der Waals surface area contributed by atoms with Gasteiger partial charge in [-0.15, -0.1) is 5.10 Å². The number of aromatic hydroxyl groups is 1. The van der Waals surface area contributed by atoms with Crippen molar-refractivity contribution in [3.63, 3.8) is 0 Å². The molecule has 7 nitrogen and oxygen atoms in total. The molecule has 1 heterocycles. The quantitative estimate of drug-likeness (QED) is 0.667. The molecule has 0 radical (unpaired) electrons. The lowest BCUT2D eigenvalue weighted by Crippen LogP contribution is -2.28. The maximum Gasteiger partial charge on any atom is 0.233 e.